The predicted octanol–water partition coefficient (Wildman–Crippen LogP) is 2.79. The van der Waals surface area contributed by atoms with Crippen LogP contribution in [0.5, 0.6) is 5.75 Å². The minimum absolute atomic E-state index is 0.652. The van der Waals surface area contributed by atoms with Crippen LogP contribution >= 0.6 is 15.9 Å². The van der Waals surface area contributed by atoms with Crippen LogP contribution in [0, 0.1) is 0 Å². The molecule has 84 valence electrons. The monoisotopic (exact) mass is 281 g/mol. The predicted molar refractivity (Wildman–Crippen MR) is 66.6 cm³/mol. The van der Waals surface area contributed by atoms with Crippen molar-refractivity contribution in [2.75, 3.05) is 12.4 Å². The molecule has 4 nitrogen and oxygen atoms in total. The summed E-state index contributed by atoms with van der Waals surface area (Å²) in [5, 5.41) is 3.27. The molecule has 0 aliphatic heterocycles. The van der Waals surface area contributed by atoms with Crippen molar-refractivity contribution in [2.24, 2.45) is 0 Å². The summed E-state index contributed by atoms with van der Waals surface area (Å²) in [5.41, 5.74) is 0.982. The Hall–Kier alpha value is -1.49. The van der Waals surface area contributed by atoms with Crippen molar-refractivity contribution in [2.45, 2.75) is 6.54 Å². The Morgan fingerprint density at radius 2 is 2.38 bits per heavy atom. The smallest absolute Gasteiger partial charge is 0.125 e. The maximum absolute atomic E-state index is 5.16. The molecule has 0 bridgehead atoms. The van der Waals surface area contributed by atoms with E-state index in [2.05, 4.69) is 31.2 Å². The Kier molecular flexibility index (Phi) is 3.46. The molecule has 0 amide bonds. The molecule has 0 aliphatic carbocycles. The number of rotatable bonds is 4. The normalized spacial score (nSPS) is 10.1. The Labute approximate surface area is 102 Å². The van der Waals surface area contributed by atoms with Crippen LogP contribution in [0.3, 0.4) is 0 Å². The molecule has 0 atom stereocenters. The number of aromatic nitrogens is 2. The molecule has 0 aliphatic rings. The maximum Gasteiger partial charge on any atom is 0.125 e. The van der Waals surface area contributed by atoms with E-state index in [4.69, 9.17) is 4.74 Å². The Bertz CT molecular complexity index is 456. The van der Waals surface area contributed by atoms with Crippen LogP contribution < -0.4 is 10.1 Å². The van der Waals surface area contributed by atoms with Crippen molar-refractivity contribution >= 4 is 21.6 Å². The molecule has 2 N–H and O–H groups in total. The molecule has 2 aromatic rings. The van der Waals surface area contributed by atoms with Gasteiger partial charge in [-0.15, -0.1) is 0 Å². The summed E-state index contributed by atoms with van der Waals surface area (Å²) < 4.78 is 6.16. The molecule has 0 unspecified atom stereocenters. The van der Waals surface area contributed by atoms with E-state index >= 15 is 0 Å². The highest BCUT2D eigenvalue weighted by molar-refractivity contribution is 9.10. The molecule has 16 heavy (non-hydrogen) atoms. The van der Waals surface area contributed by atoms with Gasteiger partial charge in [-0.3, -0.25) is 0 Å². The van der Waals surface area contributed by atoms with Crippen molar-refractivity contribution in [3.05, 3.63) is 40.9 Å². The molecule has 0 radical (unpaired) electrons. The zero-order chi connectivity index (χ0) is 11.4. The van der Waals surface area contributed by atoms with Gasteiger partial charge in [-0.1, -0.05) is 0 Å². The van der Waals surface area contributed by atoms with E-state index < -0.39 is 0 Å². The Balaban J connectivity index is 2.08. The lowest BCUT2D eigenvalue weighted by atomic mass is 10.3. The third-order valence-corrected chi connectivity index (χ3v) is 2.87. The maximum atomic E-state index is 5.16. The number of hydrogen-bond donors (Lipinski definition) is 2. The summed E-state index contributed by atoms with van der Waals surface area (Å²) in [6.45, 7) is 0.652. The highest BCUT2D eigenvalue weighted by Gasteiger charge is 2.02. The van der Waals surface area contributed by atoms with Crippen molar-refractivity contribution in [1.29, 1.82) is 0 Å². The van der Waals surface area contributed by atoms with Crippen molar-refractivity contribution in [3.8, 4) is 5.75 Å². The summed E-state index contributed by atoms with van der Waals surface area (Å²) in [5.74, 6) is 1.72. The third-order valence-electron chi connectivity index (χ3n) is 2.17. The van der Waals surface area contributed by atoms with Crippen molar-refractivity contribution in [3.63, 3.8) is 0 Å². The summed E-state index contributed by atoms with van der Waals surface area (Å²) >= 11 is 3.48. The number of methoxy groups -OCH3 is 1. The van der Waals surface area contributed by atoms with Crippen LogP contribution in [-0.2, 0) is 6.54 Å². The van der Waals surface area contributed by atoms with Gasteiger partial charge in [0.15, 0.2) is 0 Å². The van der Waals surface area contributed by atoms with E-state index in [1.807, 2.05) is 18.2 Å². The van der Waals surface area contributed by atoms with Gasteiger partial charge in [0.2, 0.25) is 0 Å². The molecule has 1 aromatic heterocycles. The average molecular weight is 282 g/mol. The molecule has 0 saturated carbocycles. The van der Waals surface area contributed by atoms with Gasteiger partial charge in [0.25, 0.3) is 0 Å². The first kappa shape index (κ1) is 11.0. The molecule has 1 aromatic carbocycles. The number of ether oxygens (including phenoxy) is 1. The van der Waals surface area contributed by atoms with E-state index in [0.717, 1.165) is 21.7 Å². The number of nitrogens with one attached hydrogen (secondary N) is 2. The number of hydrogen-bond acceptors (Lipinski definition) is 3. The first-order chi connectivity index (χ1) is 7.79. The Morgan fingerprint density at radius 1 is 1.50 bits per heavy atom. The number of imidazole rings is 1. The topological polar surface area (TPSA) is 49.9 Å². The second kappa shape index (κ2) is 5.03. The van der Waals surface area contributed by atoms with Crippen LogP contribution in [0.15, 0.2) is 35.1 Å². The number of nitrogens with zero attached hydrogens (tertiary/aromatic N) is 1. The van der Waals surface area contributed by atoms with Gasteiger partial charge in [0.05, 0.1) is 19.3 Å². The minimum Gasteiger partial charge on any atom is -0.497 e. The molecular weight excluding hydrogens is 270 g/mol. The quantitative estimate of drug-likeness (QED) is 0.906. The highest BCUT2D eigenvalue weighted by Crippen LogP contribution is 2.27. The van der Waals surface area contributed by atoms with Gasteiger partial charge in [-0.2, -0.15) is 0 Å². The van der Waals surface area contributed by atoms with Gasteiger partial charge < -0.3 is 15.0 Å². The van der Waals surface area contributed by atoms with Crippen LogP contribution in [0.1, 0.15) is 5.82 Å². The Morgan fingerprint density at radius 3 is 3.06 bits per heavy atom. The second-order valence-corrected chi connectivity index (χ2v) is 4.09. The van der Waals surface area contributed by atoms with Crippen molar-refractivity contribution < 1.29 is 4.74 Å². The standard InChI is InChI=1S/C11H12BrN3O/c1-16-8-2-3-9(12)10(6-8)15-7-11-13-4-5-14-11/h2-6,15H,7H2,1H3,(H,13,14). The van der Waals surface area contributed by atoms with E-state index in [0.29, 0.717) is 6.54 Å². The molecular formula is C11H12BrN3O. The van der Waals surface area contributed by atoms with Crippen LogP contribution in [0.4, 0.5) is 5.69 Å². The lowest BCUT2D eigenvalue weighted by Gasteiger charge is -2.08. The molecule has 2 rings (SSSR count). The minimum atomic E-state index is 0.652. The largest absolute Gasteiger partial charge is 0.497 e. The third kappa shape index (κ3) is 2.55. The second-order valence-electron chi connectivity index (χ2n) is 3.24. The number of H-pyrrole nitrogens is 1. The molecule has 1 heterocycles. The highest BCUT2D eigenvalue weighted by atomic mass is 79.9. The van der Waals surface area contributed by atoms with Gasteiger partial charge in [-0.25, -0.2) is 4.98 Å². The number of anilines is 1. The average Bonchev–Trinajstić information content (AvgIpc) is 2.81. The summed E-state index contributed by atoms with van der Waals surface area (Å²) in [6, 6.07) is 5.79. The molecule has 5 heteroatoms. The fourth-order valence-electron chi connectivity index (χ4n) is 1.34. The molecule has 0 spiro atoms. The SMILES string of the molecule is COc1ccc(Br)c(NCc2ncc[nH]2)c1. The van der Waals surface area contributed by atoms with E-state index in [1.54, 1.807) is 19.5 Å². The van der Waals surface area contributed by atoms with Gasteiger partial charge in [0, 0.05) is 22.9 Å². The molecule has 0 saturated heterocycles. The van der Waals surface area contributed by atoms with Gasteiger partial charge in [0.1, 0.15) is 11.6 Å². The fourth-order valence-corrected chi connectivity index (χ4v) is 1.73. The van der Waals surface area contributed by atoms with Gasteiger partial charge >= 0.3 is 0 Å². The zero-order valence-electron chi connectivity index (χ0n) is 8.83. The van der Waals surface area contributed by atoms with E-state index in [-0.39, 0.29) is 0 Å². The number of halogens is 1. The summed E-state index contributed by atoms with van der Waals surface area (Å²) in [7, 11) is 1.65. The van der Waals surface area contributed by atoms with Crippen LogP contribution in [0.25, 0.3) is 0 Å². The van der Waals surface area contributed by atoms with E-state index in [9.17, 15) is 0 Å². The van der Waals surface area contributed by atoms with Crippen molar-refractivity contribution in [1.82, 2.24) is 9.97 Å². The fraction of sp³-hybridized carbons (Fsp3) is 0.182. The van der Waals surface area contributed by atoms with Crippen LogP contribution in [-0.4, -0.2) is 17.1 Å². The summed E-state index contributed by atoms with van der Waals surface area (Å²) in [4.78, 5) is 7.17. The molecule has 0 fully saturated rings. The number of aromatic amines is 1. The zero-order valence-corrected chi connectivity index (χ0v) is 10.4. The van der Waals surface area contributed by atoms with Crippen LogP contribution in [0.2, 0.25) is 0 Å². The first-order valence-corrected chi connectivity index (χ1v) is 5.64. The summed E-state index contributed by atoms with van der Waals surface area (Å²) in [6.07, 6.45) is 3.54. The van der Waals surface area contributed by atoms with E-state index in [1.165, 1.54) is 0 Å². The first-order valence-electron chi connectivity index (χ1n) is 4.85. The lowest BCUT2D eigenvalue weighted by molar-refractivity contribution is 0.415. The number of benzene rings is 1. The lowest BCUT2D eigenvalue weighted by Crippen LogP contribution is -2.01. The van der Waals surface area contributed by atoms with Gasteiger partial charge in [-0.05, 0) is 28.1 Å².